The first kappa shape index (κ1) is 7.32. The van der Waals surface area contributed by atoms with Crippen LogP contribution in [0, 0.1) is 0 Å². The summed E-state index contributed by atoms with van der Waals surface area (Å²) in [6, 6.07) is 0. The third kappa shape index (κ3) is 1.08. The molecule has 2 aliphatic heterocycles. The summed E-state index contributed by atoms with van der Waals surface area (Å²) in [6.07, 6.45) is 3.84. The van der Waals surface area contributed by atoms with Gasteiger partial charge < -0.3 is 4.55 Å². The molecular formula is C5H3N4O2S-. The Labute approximate surface area is 70.1 Å². The number of imidazole rings is 1. The van der Waals surface area contributed by atoms with E-state index in [1.807, 2.05) is 0 Å². The van der Waals surface area contributed by atoms with Crippen LogP contribution in [-0.4, -0.2) is 27.7 Å². The normalized spacial score (nSPS) is 13.4. The molecule has 12 heavy (non-hydrogen) atoms. The lowest BCUT2D eigenvalue weighted by molar-refractivity contribution is 0.526. The highest BCUT2D eigenvalue weighted by molar-refractivity contribution is 7.77. The van der Waals surface area contributed by atoms with E-state index < -0.39 is 11.3 Å². The van der Waals surface area contributed by atoms with Crippen LogP contribution in [0.5, 0.6) is 0 Å². The zero-order chi connectivity index (χ0) is 8.55. The van der Waals surface area contributed by atoms with Gasteiger partial charge in [0.15, 0.2) is 5.82 Å². The maximum atomic E-state index is 10.4. The van der Waals surface area contributed by atoms with E-state index in [-0.39, 0.29) is 0 Å². The zero-order valence-corrected chi connectivity index (χ0v) is 6.56. The monoisotopic (exact) mass is 183 g/mol. The summed E-state index contributed by atoms with van der Waals surface area (Å²) in [6.45, 7) is 0. The van der Waals surface area contributed by atoms with Crippen LogP contribution in [0.1, 0.15) is 0 Å². The first-order valence-electron chi connectivity index (χ1n) is 3.02. The summed E-state index contributed by atoms with van der Waals surface area (Å²) in [4.78, 5) is 11.3. The Morgan fingerprint density at radius 2 is 2.25 bits per heavy atom. The fourth-order valence-corrected chi connectivity index (χ4v) is 1.12. The van der Waals surface area contributed by atoms with Crippen LogP contribution in [0.15, 0.2) is 18.9 Å². The standard InChI is InChI=1S/C5H4N4O2S/c10-12(11)9-1-4-5(8-3-9)7-2-6-4/h1-3H,(H,10,11)/p-1. The van der Waals surface area contributed by atoms with Crippen molar-refractivity contribution in [1.29, 1.82) is 0 Å². The molecule has 1 unspecified atom stereocenters. The molecule has 6 nitrogen and oxygen atoms in total. The largest absolute Gasteiger partial charge is 0.755 e. The lowest BCUT2D eigenvalue weighted by atomic mass is 10.4. The molecule has 0 amide bonds. The van der Waals surface area contributed by atoms with Gasteiger partial charge in [0.1, 0.15) is 18.3 Å². The van der Waals surface area contributed by atoms with E-state index in [0.717, 1.165) is 3.97 Å². The van der Waals surface area contributed by atoms with Gasteiger partial charge in [-0.25, -0.2) is 15.0 Å². The molecule has 0 saturated heterocycles. The molecular weight excluding hydrogens is 180 g/mol. The Balaban J connectivity index is 2.62. The number of rotatable bonds is 1. The Kier molecular flexibility index (Phi) is 1.59. The molecule has 0 bridgehead atoms. The first-order chi connectivity index (χ1) is 5.77. The van der Waals surface area contributed by atoms with E-state index in [2.05, 4.69) is 15.0 Å². The van der Waals surface area contributed by atoms with Crippen molar-refractivity contribution in [2.75, 3.05) is 0 Å². The van der Waals surface area contributed by atoms with Crippen LogP contribution >= 0.6 is 0 Å². The number of aromatic nitrogens is 4. The van der Waals surface area contributed by atoms with Crippen LogP contribution in [-0.2, 0) is 11.3 Å². The predicted octanol–water partition coefficient (Wildman–Crippen LogP) is -0.580. The predicted molar refractivity (Wildman–Crippen MR) is 38.8 cm³/mol. The quantitative estimate of drug-likeness (QED) is 0.552. The molecule has 2 rings (SSSR count). The minimum Gasteiger partial charge on any atom is -0.755 e. The van der Waals surface area contributed by atoms with Gasteiger partial charge >= 0.3 is 0 Å². The van der Waals surface area contributed by atoms with Gasteiger partial charge in [-0.05, 0) is 0 Å². The summed E-state index contributed by atoms with van der Waals surface area (Å²) >= 11 is -2.33. The fraction of sp³-hybridized carbons (Fsp3) is 0. The van der Waals surface area contributed by atoms with Gasteiger partial charge in [-0.1, -0.05) is 0 Å². The highest BCUT2D eigenvalue weighted by atomic mass is 32.2. The summed E-state index contributed by atoms with van der Waals surface area (Å²) < 4.78 is 21.8. The molecule has 7 heteroatoms. The summed E-state index contributed by atoms with van der Waals surface area (Å²) in [5.41, 5.74) is 0.460. The molecule has 0 aromatic heterocycles. The molecule has 2 heterocycles. The maximum Gasteiger partial charge on any atom is 0.182 e. The third-order valence-corrected chi connectivity index (χ3v) is 1.87. The molecule has 0 saturated carbocycles. The van der Waals surface area contributed by atoms with Crippen molar-refractivity contribution in [2.24, 2.45) is 0 Å². The number of hydrogen-bond acceptors (Lipinski definition) is 5. The molecule has 2 aliphatic rings. The van der Waals surface area contributed by atoms with Crippen LogP contribution in [0.25, 0.3) is 11.5 Å². The molecule has 0 N–H and O–H groups in total. The molecule has 62 valence electrons. The molecule has 0 fully saturated rings. The second kappa shape index (κ2) is 2.61. The number of hydrogen-bond donors (Lipinski definition) is 0. The SMILES string of the molecule is O=S([O-])n1cnc2ncnc-2c1. The topological polar surface area (TPSA) is 83.7 Å². The molecule has 0 aromatic carbocycles. The van der Waals surface area contributed by atoms with E-state index in [1.165, 1.54) is 18.9 Å². The Bertz CT molecular complexity index is 400. The van der Waals surface area contributed by atoms with E-state index >= 15 is 0 Å². The third-order valence-electron chi connectivity index (χ3n) is 1.32. The highest BCUT2D eigenvalue weighted by Gasteiger charge is 2.05. The van der Waals surface area contributed by atoms with Crippen molar-refractivity contribution < 1.29 is 8.76 Å². The van der Waals surface area contributed by atoms with Crippen molar-refractivity contribution in [3.63, 3.8) is 0 Å². The lowest BCUT2D eigenvalue weighted by Crippen LogP contribution is -2.05. The second-order valence-electron chi connectivity index (χ2n) is 2.03. The second-order valence-corrected chi connectivity index (χ2v) is 2.89. The summed E-state index contributed by atoms with van der Waals surface area (Å²) in [5, 5.41) is 0. The highest BCUT2D eigenvalue weighted by Crippen LogP contribution is 2.11. The van der Waals surface area contributed by atoms with Gasteiger partial charge in [-0.15, -0.1) is 0 Å². The molecule has 1 atom stereocenters. The Hall–Kier alpha value is -1.34. The van der Waals surface area contributed by atoms with E-state index in [1.54, 1.807) is 0 Å². The minimum absolute atomic E-state index is 0.441. The van der Waals surface area contributed by atoms with Gasteiger partial charge in [0.05, 0.1) is 11.3 Å². The maximum absolute atomic E-state index is 10.4. The van der Waals surface area contributed by atoms with E-state index in [0.29, 0.717) is 11.5 Å². The first-order valence-corrected chi connectivity index (χ1v) is 4.05. The Morgan fingerprint density at radius 1 is 1.42 bits per heavy atom. The smallest absolute Gasteiger partial charge is 0.182 e. The number of nitrogens with zero attached hydrogens (tertiary/aromatic N) is 4. The molecule has 0 spiro atoms. The summed E-state index contributed by atoms with van der Waals surface area (Å²) in [5.74, 6) is 0.441. The van der Waals surface area contributed by atoms with E-state index in [4.69, 9.17) is 0 Å². The molecule has 0 radical (unpaired) electrons. The van der Waals surface area contributed by atoms with Gasteiger partial charge in [-0.2, -0.15) is 0 Å². The zero-order valence-electron chi connectivity index (χ0n) is 5.75. The molecule has 0 aliphatic carbocycles. The van der Waals surface area contributed by atoms with Crippen LogP contribution in [0.4, 0.5) is 0 Å². The average molecular weight is 183 g/mol. The Morgan fingerprint density at radius 3 is 3.00 bits per heavy atom. The van der Waals surface area contributed by atoms with Crippen molar-refractivity contribution in [3.8, 4) is 11.5 Å². The number of fused-ring (bicyclic) bond motifs is 1. The van der Waals surface area contributed by atoms with Gasteiger partial charge in [-0.3, -0.25) is 8.18 Å². The van der Waals surface area contributed by atoms with Crippen molar-refractivity contribution in [1.82, 2.24) is 18.9 Å². The van der Waals surface area contributed by atoms with Gasteiger partial charge in [0.2, 0.25) is 0 Å². The van der Waals surface area contributed by atoms with Crippen LogP contribution in [0.3, 0.4) is 0 Å². The van der Waals surface area contributed by atoms with Gasteiger partial charge in [0.25, 0.3) is 0 Å². The average Bonchev–Trinajstić information content (AvgIpc) is 2.49. The van der Waals surface area contributed by atoms with E-state index in [9.17, 15) is 8.76 Å². The summed E-state index contributed by atoms with van der Waals surface area (Å²) in [7, 11) is 0. The van der Waals surface area contributed by atoms with Crippen molar-refractivity contribution >= 4 is 11.3 Å². The minimum atomic E-state index is -2.33. The lowest BCUT2D eigenvalue weighted by Gasteiger charge is -2.08. The van der Waals surface area contributed by atoms with Crippen LogP contribution < -0.4 is 0 Å². The van der Waals surface area contributed by atoms with Crippen LogP contribution in [0.2, 0.25) is 0 Å². The molecule has 0 aromatic rings. The van der Waals surface area contributed by atoms with Crippen molar-refractivity contribution in [2.45, 2.75) is 0 Å². The van der Waals surface area contributed by atoms with Crippen molar-refractivity contribution in [3.05, 3.63) is 18.9 Å². The van der Waals surface area contributed by atoms with Gasteiger partial charge in [0, 0.05) is 6.20 Å². The fourth-order valence-electron chi connectivity index (χ4n) is 0.807.